The number of aliphatic hydroxyl groups is 2. The number of phosphoric acid groups is 1. The van der Waals surface area contributed by atoms with E-state index in [4.69, 9.17) is 25.8 Å². The lowest BCUT2D eigenvalue weighted by molar-refractivity contribution is -0.140. The molecule has 2 aromatic rings. The average Bonchev–Trinajstić information content (AvgIpc) is 3.28. The molecular formula is C16H23N6O10P. The number of nitrogens with two attached hydrogens (primary N) is 2. The van der Waals surface area contributed by atoms with E-state index in [9.17, 15) is 29.3 Å². The number of hydrogen-bond donors (Lipinski definition) is 6. The van der Waals surface area contributed by atoms with Crippen molar-refractivity contribution in [3.63, 3.8) is 0 Å². The summed E-state index contributed by atoms with van der Waals surface area (Å²) in [7, 11) is -4.88. The molecule has 0 aromatic carbocycles. The van der Waals surface area contributed by atoms with Crippen molar-refractivity contribution >= 4 is 36.7 Å². The van der Waals surface area contributed by atoms with E-state index in [1.165, 1.54) is 17.2 Å². The van der Waals surface area contributed by atoms with E-state index in [0.717, 1.165) is 0 Å². The molecule has 17 heteroatoms. The summed E-state index contributed by atoms with van der Waals surface area (Å²) in [5.41, 5.74) is 11.5. The second-order valence-corrected chi connectivity index (χ2v) is 8.57. The van der Waals surface area contributed by atoms with Crippen molar-refractivity contribution in [2.75, 3.05) is 12.3 Å². The average molecular weight is 490 g/mol. The number of rotatable bonds is 10. The van der Waals surface area contributed by atoms with Gasteiger partial charge >= 0.3 is 19.8 Å². The first-order valence-electron chi connectivity index (χ1n) is 9.63. The van der Waals surface area contributed by atoms with Crippen molar-refractivity contribution in [3.8, 4) is 0 Å². The zero-order valence-corrected chi connectivity index (χ0v) is 17.9. The van der Waals surface area contributed by atoms with E-state index in [2.05, 4.69) is 19.5 Å². The molecule has 0 radical (unpaired) electrons. The first-order valence-corrected chi connectivity index (χ1v) is 11.1. The van der Waals surface area contributed by atoms with E-state index in [1.807, 2.05) is 0 Å². The van der Waals surface area contributed by atoms with Crippen LogP contribution < -0.4 is 11.5 Å². The molecule has 8 N–H and O–H groups in total. The van der Waals surface area contributed by atoms with Crippen LogP contribution in [0.3, 0.4) is 0 Å². The Labute approximate surface area is 185 Å². The van der Waals surface area contributed by atoms with Gasteiger partial charge in [0, 0.05) is 6.42 Å². The largest absolute Gasteiger partial charge is 0.529 e. The molecule has 2 aromatic heterocycles. The van der Waals surface area contributed by atoms with Crippen LogP contribution in [-0.2, 0) is 27.9 Å². The number of carbonyl (C=O) groups excluding carboxylic acids is 1. The predicted octanol–water partition coefficient (Wildman–Crippen LogP) is -1.73. The highest BCUT2D eigenvalue weighted by atomic mass is 31.2. The van der Waals surface area contributed by atoms with Gasteiger partial charge in [-0.15, -0.1) is 0 Å². The summed E-state index contributed by atoms with van der Waals surface area (Å²) < 4.78 is 28.0. The molecule has 1 aliphatic rings. The summed E-state index contributed by atoms with van der Waals surface area (Å²) in [5.74, 6) is -2.25. The molecule has 0 amide bonds. The minimum atomic E-state index is -4.88. The summed E-state index contributed by atoms with van der Waals surface area (Å²) in [5, 5.41) is 29.3. The van der Waals surface area contributed by atoms with Gasteiger partial charge in [-0.2, -0.15) is 0 Å². The van der Waals surface area contributed by atoms with E-state index in [1.54, 1.807) is 0 Å². The van der Waals surface area contributed by atoms with E-state index in [-0.39, 0.29) is 36.2 Å². The van der Waals surface area contributed by atoms with Gasteiger partial charge in [0.05, 0.1) is 12.9 Å². The molecule has 0 aliphatic carbocycles. The fourth-order valence-corrected chi connectivity index (χ4v) is 3.85. The third-order valence-corrected chi connectivity index (χ3v) is 5.74. The van der Waals surface area contributed by atoms with Gasteiger partial charge in [0.2, 0.25) is 0 Å². The number of aromatic nitrogens is 4. The molecular weight excluding hydrogens is 467 g/mol. The normalized spacial score (nSPS) is 25.6. The molecule has 0 saturated carbocycles. The first kappa shape index (κ1) is 24.9. The molecule has 1 saturated heterocycles. The molecule has 182 valence electrons. The Morgan fingerprint density at radius 2 is 2.00 bits per heavy atom. The number of aliphatic hydroxyl groups excluding tert-OH is 2. The summed E-state index contributed by atoms with van der Waals surface area (Å²) in [6.45, 7) is -0.705. The highest BCUT2D eigenvalue weighted by Gasteiger charge is 2.45. The number of imidazole rings is 1. The first-order chi connectivity index (χ1) is 15.5. The number of fused-ring (bicyclic) bond motifs is 1. The smallest absolute Gasteiger partial charge is 0.480 e. The van der Waals surface area contributed by atoms with Crippen LogP contribution >= 0.6 is 7.82 Å². The number of carboxylic acids is 1. The van der Waals surface area contributed by atoms with Crippen LogP contribution in [0.5, 0.6) is 0 Å². The highest BCUT2D eigenvalue weighted by molar-refractivity contribution is 7.48. The second-order valence-electron chi connectivity index (χ2n) is 7.19. The standard InChI is InChI=1S/C16H23N6O10P/c17-7(16(26)27)2-1-3-9(23)32-33(28,29)30-4-8-11(24)12(25)15(31-8)22-6-21-10-13(18)19-5-20-14(10)22/h5-8,11-12,15,24-25H,1-4,17H2,(H,26,27)(H,28,29)(H2,18,19,20)/t7-,8+,11+,12+,15+/m0/s1. The molecule has 1 unspecified atom stereocenters. The van der Waals surface area contributed by atoms with Gasteiger partial charge in [-0.05, 0) is 12.8 Å². The summed E-state index contributed by atoms with van der Waals surface area (Å²) in [4.78, 5) is 43.9. The number of carboxylic acid groups (broad SMARTS) is 1. The van der Waals surface area contributed by atoms with Crippen LogP contribution in [0.2, 0.25) is 0 Å². The van der Waals surface area contributed by atoms with Crippen LogP contribution in [0.4, 0.5) is 5.82 Å². The van der Waals surface area contributed by atoms with Gasteiger partial charge in [-0.3, -0.25) is 23.6 Å². The Kier molecular flexibility index (Phi) is 7.58. The van der Waals surface area contributed by atoms with Crippen molar-refractivity contribution in [2.24, 2.45) is 5.73 Å². The Morgan fingerprint density at radius 1 is 1.27 bits per heavy atom. The number of aliphatic carboxylic acids is 1. The summed E-state index contributed by atoms with van der Waals surface area (Å²) in [6.07, 6.45) is -3.39. The van der Waals surface area contributed by atoms with Crippen LogP contribution in [0, 0.1) is 0 Å². The molecule has 3 heterocycles. The number of anilines is 1. The Morgan fingerprint density at radius 3 is 2.70 bits per heavy atom. The molecule has 1 fully saturated rings. The van der Waals surface area contributed by atoms with Gasteiger partial charge in [-0.25, -0.2) is 19.5 Å². The van der Waals surface area contributed by atoms with E-state index < -0.39 is 56.9 Å². The zero-order valence-electron chi connectivity index (χ0n) is 17.0. The minimum Gasteiger partial charge on any atom is -0.480 e. The van der Waals surface area contributed by atoms with Gasteiger partial charge < -0.3 is 36.0 Å². The second kappa shape index (κ2) is 10.0. The predicted molar refractivity (Wildman–Crippen MR) is 107 cm³/mol. The van der Waals surface area contributed by atoms with E-state index in [0.29, 0.717) is 0 Å². The monoisotopic (exact) mass is 490 g/mol. The molecule has 3 rings (SSSR count). The van der Waals surface area contributed by atoms with Crippen molar-refractivity contribution in [1.82, 2.24) is 19.5 Å². The maximum absolute atomic E-state index is 12.0. The lowest BCUT2D eigenvalue weighted by Crippen LogP contribution is -2.33. The number of phosphoric ester groups is 1. The van der Waals surface area contributed by atoms with Crippen LogP contribution in [0.25, 0.3) is 11.2 Å². The Bertz CT molecular complexity index is 1070. The molecule has 1 aliphatic heterocycles. The zero-order chi connectivity index (χ0) is 24.3. The molecule has 16 nitrogen and oxygen atoms in total. The highest BCUT2D eigenvalue weighted by Crippen LogP contribution is 2.45. The lowest BCUT2D eigenvalue weighted by Gasteiger charge is -2.17. The van der Waals surface area contributed by atoms with E-state index >= 15 is 0 Å². The van der Waals surface area contributed by atoms with Crippen molar-refractivity contribution in [3.05, 3.63) is 12.7 Å². The molecule has 0 bridgehead atoms. The fraction of sp³-hybridized carbons (Fsp3) is 0.562. The summed E-state index contributed by atoms with van der Waals surface area (Å²) >= 11 is 0. The third-order valence-electron chi connectivity index (χ3n) is 4.83. The summed E-state index contributed by atoms with van der Waals surface area (Å²) in [6, 6.07) is -1.18. The fourth-order valence-electron chi connectivity index (χ4n) is 3.11. The number of carbonyl (C=O) groups is 2. The van der Waals surface area contributed by atoms with Gasteiger partial charge in [0.25, 0.3) is 0 Å². The Balaban J connectivity index is 1.55. The van der Waals surface area contributed by atoms with Gasteiger partial charge in [0.1, 0.15) is 36.2 Å². The number of nitrogens with zero attached hydrogens (tertiary/aromatic N) is 4. The topological polar surface area (TPSA) is 255 Å². The molecule has 33 heavy (non-hydrogen) atoms. The lowest BCUT2D eigenvalue weighted by atomic mass is 10.1. The quantitative estimate of drug-likeness (QED) is 0.202. The van der Waals surface area contributed by atoms with Crippen LogP contribution in [-0.4, -0.2) is 82.6 Å². The maximum Gasteiger partial charge on any atom is 0.529 e. The van der Waals surface area contributed by atoms with Crippen molar-refractivity contribution in [2.45, 2.75) is 49.8 Å². The van der Waals surface area contributed by atoms with Crippen LogP contribution in [0.1, 0.15) is 25.5 Å². The number of hydrogen-bond acceptors (Lipinski definition) is 13. The Hall–Kier alpha value is -2.72. The van der Waals surface area contributed by atoms with Gasteiger partial charge in [0.15, 0.2) is 17.7 Å². The van der Waals surface area contributed by atoms with Crippen LogP contribution in [0.15, 0.2) is 12.7 Å². The third kappa shape index (κ3) is 5.80. The van der Waals surface area contributed by atoms with Gasteiger partial charge in [-0.1, -0.05) is 0 Å². The number of ether oxygens (including phenoxy) is 1. The number of nitrogen functional groups attached to an aromatic ring is 1. The maximum atomic E-state index is 12.0. The van der Waals surface area contributed by atoms with Crippen molar-refractivity contribution < 1.29 is 48.2 Å². The SMILES string of the molecule is Nc1ncnc2c1ncn2[C@@H]1O[C@H](COP(=O)(O)OC(=O)CCC[C@H](N)C(=O)O)[C@@H](O)[C@H]1O. The minimum absolute atomic E-state index is 0.0115. The van der Waals surface area contributed by atoms with Crippen molar-refractivity contribution in [1.29, 1.82) is 0 Å². The molecule has 6 atom stereocenters. The molecule has 0 spiro atoms.